The Bertz CT molecular complexity index is 421. The van der Waals surface area contributed by atoms with Gasteiger partial charge < -0.3 is 9.64 Å². The number of rotatable bonds is 4. The molecule has 1 saturated heterocycles. The van der Waals surface area contributed by atoms with E-state index in [0.717, 1.165) is 32.1 Å². The molecule has 0 radical (unpaired) electrons. The third-order valence-electron chi connectivity index (χ3n) is 4.71. The molecule has 0 spiro atoms. The summed E-state index contributed by atoms with van der Waals surface area (Å²) >= 11 is 0. The number of nitrogens with zero attached hydrogens (tertiary/aromatic N) is 4. The monoisotopic (exact) mass is 280 g/mol. The van der Waals surface area contributed by atoms with E-state index in [1.54, 1.807) is 4.90 Å². The van der Waals surface area contributed by atoms with Crippen molar-refractivity contribution < 1.29 is 9.64 Å². The summed E-state index contributed by atoms with van der Waals surface area (Å²) in [5.74, 6) is 1.62. The van der Waals surface area contributed by atoms with Gasteiger partial charge >= 0.3 is 0 Å². The number of quaternary nitrogens is 1. The maximum atomic E-state index is 5.50. The lowest BCUT2D eigenvalue weighted by Gasteiger charge is -2.33. The van der Waals surface area contributed by atoms with Crippen LogP contribution in [0.15, 0.2) is 0 Å². The van der Waals surface area contributed by atoms with E-state index in [4.69, 9.17) is 4.74 Å². The number of hydrogen-bond acceptors (Lipinski definition) is 4. The Morgan fingerprint density at radius 3 is 2.55 bits per heavy atom. The van der Waals surface area contributed by atoms with Crippen LogP contribution in [0.25, 0.3) is 0 Å². The van der Waals surface area contributed by atoms with Crippen molar-refractivity contribution in [3.63, 3.8) is 0 Å². The standard InChI is InChI=1S/C14H25N5O/c1-11(2)13(18-7-9-20-10-8-18)14-15-16-17-19(14)12-5-3-4-6-12/h11-13H,3-10H2,1-2H3/p+1/t13-/m0/s1. The Morgan fingerprint density at radius 2 is 1.90 bits per heavy atom. The van der Waals surface area contributed by atoms with Crippen LogP contribution < -0.4 is 4.90 Å². The summed E-state index contributed by atoms with van der Waals surface area (Å²) in [6.45, 7) is 8.37. The number of aromatic nitrogens is 4. The fourth-order valence-electron chi connectivity index (χ4n) is 3.71. The highest BCUT2D eigenvalue weighted by atomic mass is 16.5. The zero-order valence-corrected chi connectivity index (χ0v) is 12.6. The number of tetrazole rings is 1. The molecule has 0 amide bonds. The van der Waals surface area contributed by atoms with Crippen LogP contribution in [0.1, 0.15) is 57.4 Å². The average molecular weight is 280 g/mol. The van der Waals surface area contributed by atoms with Crippen molar-refractivity contribution in [2.24, 2.45) is 5.92 Å². The predicted molar refractivity (Wildman–Crippen MR) is 74.4 cm³/mol. The summed E-state index contributed by atoms with van der Waals surface area (Å²) in [4.78, 5) is 1.57. The molecule has 3 rings (SSSR count). The lowest BCUT2D eigenvalue weighted by Crippen LogP contribution is -3.15. The smallest absolute Gasteiger partial charge is 0.209 e. The van der Waals surface area contributed by atoms with Crippen LogP contribution in [0.3, 0.4) is 0 Å². The average Bonchev–Trinajstić information content (AvgIpc) is 3.09. The van der Waals surface area contributed by atoms with Crippen LogP contribution in [-0.2, 0) is 4.74 Å². The summed E-state index contributed by atoms with van der Waals surface area (Å²) in [6, 6.07) is 0.899. The molecule has 20 heavy (non-hydrogen) atoms. The number of morpholine rings is 1. The second-order valence-corrected chi connectivity index (χ2v) is 6.41. The van der Waals surface area contributed by atoms with Crippen LogP contribution in [0, 0.1) is 5.92 Å². The molecule has 1 aliphatic heterocycles. The molecular weight excluding hydrogens is 254 g/mol. The van der Waals surface area contributed by atoms with Gasteiger partial charge in [-0.3, -0.25) is 0 Å². The van der Waals surface area contributed by atoms with E-state index >= 15 is 0 Å². The first-order valence-corrected chi connectivity index (χ1v) is 7.97. The van der Waals surface area contributed by atoms with Gasteiger partial charge in [-0.25, -0.2) is 4.68 Å². The Morgan fingerprint density at radius 1 is 1.20 bits per heavy atom. The molecule has 2 fully saturated rings. The van der Waals surface area contributed by atoms with Crippen molar-refractivity contribution in [1.29, 1.82) is 0 Å². The van der Waals surface area contributed by atoms with Crippen molar-refractivity contribution in [3.05, 3.63) is 5.82 Å². The minimum Gasteiger partial charge on any atom is -0.370 e. The largest absolute Gasteiger partial charge is 0.370 e. The Balaban J connectivity index is 1.85. The first-order valence-electron chi connectivity index (χ1n) is 7.97. The molecule has 6 heteroatoms. The van der Waals surface area contributed by atoms with Crippen LogP contribution in [0.2, 0.25) is 0 Å². The van der Waals surface area contributed by atoms with Crippen LogP contribution >= 0.6 is 0 Å². The van der Waals surface area contributed by atoms with Gasteiger partial charge in [0.2, 0.25) is 5.82 Å². The Hall–Kier alpha value is -1.01. The van der Waals surface area contributed by atoms with Gasteiger partial charge in [0.15, 0.2) is 6.04 Å². The van der Waals surface area contributed by atoms with E-state index in [0.29, 0.717) is 18.0 Å². The van der Waals surface area contributed by atoms with Gasteiger partial charge in [0.25, 0.3) is 0 Å². The fourth-order valence-corrected chi connectivity index (χ4v) is 3.71. The molecule has 1 aliphatic carbocycles. The van der Waals surface area contributed by atoms with E-state index < -0.39 is 0 Å². The first-order chi connectivity index (χ1) is 9.77. The molecule has 0 bridgehead atoms. The predicted octanol–water partition coefficient (Wildman–Crippen LogP) is 0.400. The highest BCUT2D eigenvalue weighted by Crippen LogP contribution is 2.31. The number of nitrogens with one attached hydrogen (secondary N) is 1. The van der Waals surface area contributed by atoms with Gasteiger partial charge in [0.1, 0.15) is 13.1 Å². The molecule has 112 valence electrons. The minimum absolute atomic E-state index is 0.384. The van der Waals surface area contributed by atoms with E-state index in [1.165, 1.54) is 25.7 Å². The molecule has 1 aromatic heterocycles. The second-order valence-electron chi connectivity index (χ2n) is 6.41. The minimum atomic E-state index is 0.384. The van der Waals surface area contributed by atoms with E-state index in [2.05, 4.69) is 34.1 Å². The van der Waals surface area contributed by atoms with Crippen molar-refractivity contribution in [1.82, 2.24) is 20.2 Å². The Kier molecular flexibility index (Phi) is 4.31. The molecule has 1 atom stereocenters. The van der Waals surface area contributed by atoms with Crippen LogP contribution in [-0.4, -0.2) is 46.5 Å². The van der Waals surface area contributed by atoms with Gasteiger partial charge in [-0.15, -0.1) is 5.10 Å². The zero-order chi connectivity index (χ0) is 13.9. The molecule has 6 nitrogen and oxygen atoms in total. The fraction of sp³-hybridized carbons (Fsp3) is 0.929. The number of ether oxygens (including phenoxy) is 1. The van der Waals surface area contributed by atoms with Crippen molar-refractivity contribution in [3.8, 4) is 0 Å². The van der Waals surface area contributed by atoms with Gasteiger partial charge in [0.05, 0.1) is 19.3 Å². The summed E-state index contributed by atoms with van der Waals surface area (Å²) in [6.07, 6.45) is 5.06. The number of hydrogen-bond donors (Lipinski definition) is 1. The molecule has 2 aliphatic rings. The lowest BCUT2D eigenvalue weighted by atomic mass is 10.0. The maximum Gasteiger partial charge on any atom is 0.209 e. The molecule has 1 N–H and O–H groups in total. The molecule has 1 saturated carbocycles. The van der Waals surface area contributed by atoms with Crippen LogP contribution in [0.4, 0.5) is 0 Å². The topological polar surface area (TPSA) is 57.3 Å². The highest BCUT2D eigenvalue weighted by molar-refractivity contribution is 4.93. The van der Waals surface area contributed by atoms with Crippen LogP contribution in [0.5, 0.6) is 0 Å². The molecular formula is C14H26N5O+. The summed E-state index contributed by atoms with van der Waals surface area (Å²) < 4.78 is 7.62. The normalized spacial score (nSPS) is 23.6. The van der Waals surface area contributed by atoms with E-state index in [-0.39, 0.29) is 0 Å². The third-order valence-corrected chi connectivity index (χ3v) is 4.71. The molecule has 0 unspecified atom stereocenters. The van der Waals surface area contributed by atoms with Gasteiger partial charge in [-0.2, -0.15) is 0 Å². The van der Waals surface area contributed by atoms with Gasteiger partial charge in [-0.1, -0.05) is 26.7 Å². The summed E-state index contributed by atoms with van der Waals surface area (Å²) in [5.41, 5.74) is 0. The first kappa shape index (κ1) is 13.9. The van der Waals surface area contributed by atoms with E-state index in [9.17, 15) is 0 Å². The SMILES string of the molecule is CC(C)[C@@H](c1nnnn1C1CCCC1)[NH+]1CCOCC1. The molecule has 0 aromatic carbocycles. The van der Waals surface area contributed by atoms with Crippen molar-refractivity contribution in [2.75, 3.05) is 26.3 Å². The van der Waals surface area contributed by atoms with Crippen molar-refractivity contribution in [2.45, 2.75) is 51.6 Å². The van der Waals surface area contributed by atoms with Crippen molar-refractivity contribution >= 4 is 0 Å². The van der Waals surface area contributed by atoms with Gasteiger partial charge in [0, 0.05) is 5.92 Å². The summed E-state index contributed by atoms with van der Waals surface area (Å²) in [7, 11) is 0. The molecule has 1 aromatic rings. The lowest BCUT2D eigenvalue weighted by molar-refractivity contribution is -0.943. The zero-order valence-electron chi connectivity index (χ0n) is 12.6. The Labute approximate surface area is 120 Å². The maximum absolute atomic E-state index is 5.50. The van der Waals surface area contributed by atoms with E-state index in [1.807, 2.05) is 0 Å². The van der Waals surface area contributed by atoms with Gasteiger partial charge in [-0.05, 0) is 23.3 Å². The summed E-state index contributed by atoms with van der Waals surface area (Å²) in [5, 5.41) is 12.7. The quantitative estimate of drug-likeness (QED) is 0.867. The highest BCUT2D eigenvalue weighted by Gasteiger charge is 2.35. The molecule has 2 heterocycles. The second kappa shape index (κ2) is 6.18. The third kappa shape index (κ3) is 2.72.